The Balaban J connectivity index is 1.96. The first-order valence-electron chi connectivity index (χ1n) is 8.53. The van der Waals surface area contributed by atoms with Crippen LogP contribution in [0.3, 0.4) is 0 Å². The fourth-order valence-corrected chi connectivity index (χ4v) is 3.50. The number of hydrogen-bond acceptors (Lipinski definition) is 5. The molecule has 2 aromatic carbocycles. The van der Waals surface area contributed by atoms with Crippen molar-refractivity contribution in [3.05, 3.63) is 59.7 Å². The number of carbonyl (C=O) groups is 2. The van der Waals surface area contributed by atoms with E-state index in [-0.39, 0.29) is 31.0 Å². The first-order chi connectivity index (χ1) is 13.6. The van der Waals surface area contributed by atoms with Gasteiger partial charge in [-0.2, -0.15) is 0 Å². The molecule has 0 aromatic heterocycles. The number of halogens is 2. The lowest BCUT2D eigenvalue weighted by atomic mass is 10.2. The zero-order valence-corrected chi connectivity index (χ0v) is 16.6. The molecule has 0 saturated carbocycles. The number of amides is 1. The van der Waals surface area contributed by atoms with Crippen LogP contribution in [0.2, 0.25) is 0 Å². The van der Waals surface area contributed by atoms with Crippen molar-refractivity contribution in [2.45, 2.75) is 12.8 Å². The van der Waals surface area contributed by atoms with Crippen LogP contribution in [0.15, 0.2) is 42.5 Å². The average molecular weight is 426 g/mol. The van der Waals surface area contributed by atoms with E-state index < -0.39 is 27.6 Å². The minimum atomic E-state index is -3.75. The summed E-state index contributed by atoms with van der Waals surface area (Å²) in [7, 11) is -2.49. The standard InChI is InChI=1S/C19H20F2N2O5S/c1-28-19(25)13-5-7-14(8-6-13)22-18(24)4-3-11-23(29(2,26)27)15-9-10-16(20)17(21)12-15/h5-10,12H,3-4,11H2,1-2H3,(H,22,24). The summed E-state index contributed by atoms with van der Waals surface area (Å²) in [6.45, 7) is -0.0847. The molecule has 0 unspecified atom stereocenters. The predicted molar refractivity (Wildman–Crippen MR) is 104 cm³/mol. The van der Waals surface area contributed by atoms with Crippen LogP contribution in [0.1, 0.15) is 23.2 Å². The SMILES string of the molecule is COC(=O)c1ccc(NC(=O)CCCN(c2ccc(F)c(F)c2)S(C)(=O)=O)cc1. The highest BCUT2D eigenvalue weighted by atomic mass is 32.2. The number of rotatable bonds is 8. The number of nitrogens with one attached hydrogen (secondary N) is 1. The van der Waals surface area contributed by atoms with Crippen molar-refractivity contribution < 1.29 is 31.5 Å². The van der Waals surface area contributed by atoms with Crippen LogP contribution < -0.4 is 9.62 Å². The fraction of sp³-hybridized carbons (Fsp3) is 0.263. The molecule has 10 heteroatoms. The van der Waals surface area contributed by atoms with E-state index in [1.54, 1.807) is 0 Å². The molecule has 29 heavy (non-hydrogen) atoms. The van der Waals surface area contributed by atoms with Gasteiger partial charge in [-0.3, -0.25) is 9.10 Å². The molecule has 2 aromatic rings. The molecule has 0 saturated heterocycles. The third kappa shape index (κ3) is 6.24. The predicted octanol–water partition coefficient (Wildman–Crippen LogP) is 2.94. The summed E-state index contributed by atoms with van der Waals surface area (Å²) in [6.07, 6.45) is 1.09. The summed E-state index contributed by atoms with van der Waals surface area (Å²) in [6, 6.07) is 8.85. The Kier molecular flexibility index (Phi) is 7.27. The topological polar surface area (TPSA) is 92.8 Å². The second kappa shape index (κ2) is 9.46. The molecule has 0 bridgehead atoms. The number of carbonyl (C=O) groups excluding carboxylic acids is 2. The third-order valence-corrected chi connectivity index (χ3v) is 5.14. The molecule has 0 aliphatic rings. The van der Waals surface area contributed by atoms with Gasteiger partial charge in [0.2, 0.25) is 15.9 Å². The molecule has 0 radical (unpaired) electrons. The lowest BCUT2D eigenvalue weighted by Gasteiger charge is -2.22. The molecule has 0 aliphatic heterocycles. The van der Waals surface area contributed by atoms with E-state index in [2.05, 4.69) is 10.1 Å². The molecule has 2 rings (SSSR count). The largest absolute Gasteiger partial charge is 0.465 e. The van der Waals surface area contributed by atoms with Crippen molar-refractivity contribution in [3.8, 4) is 0 Å². The zero-order valence-electron chi connectivity index (χ0n) is 15.8. The number of benzene rings is 2. The second-order valence-electron chi connectivity index (χ2n) is 6.15. The highest BCUT2D eigenvalue weighted by Gasteiger charge is 2.19. The Bertz CT molecular complexity index is 994. The Morgan fingerprint density at radius 2 is 1.72 bits per heavy atom. The number of methoxy groups -OCH3 is 1. The van der Waals surface area contributed by atoms with Crippen LogP contribution in [0.4, 0.5) is 20.2 Å². The Labute approximate surface area is 167 Å². The van der Waals surface area contributed by atoms with Gasteiger partial charge in [0.1, 0.15) is 0 Å². The maximum Gasteiger partial charge on any atom is 0.337 e. The average Bonchev–Trinajstić information content (AvgIpc) is 2.66. The molecular formula is C19H20F2N2O5S. The zero-order chi connectivity index (χ0) is 21.6. The Morgan fingerprint density at radius 3 is 2.28 bits per heavy atom. The van der Waals surface area contributed by atoms with Gasteiger partial charge in [-0.05, 0) is 42.8 Å². The molecule has 0 aliphatic carbocycles. The van der Waals surface area contributed by atoms with Gasteiger partial charge in [-0.15, -0.1) is 0 Å². The van der Waals surface area contributed by atoms with Crippen molar-refractivity contribution in [1.82, 2.24) is 0 Å². The number of esters is 1. The van der Waals surface area contributed by atoms with Crippen LogP contribution in [-0.4, -0.2) is 40.2 Å². The van der Waals surface area contributed by atoms with Crippen LogP contribution >= 0.6 is 0 Å². The van der Waals surface area contributed by atoms with E-state index in [0.717, 1.165) is 28.8 Å². The van der Waals surface area contributed by atoms with Gasteiger partial charge in [-0.25, -0.2) is 22.0 Å². The fourth-order valence-electron chi connectivity index (χ4n) is 2.54. The first-order valence-corrected chi connectivity index (χ1v) is 10.4. The smallest absolute Gasteiger partial charge is 0.337 e. The van der Waals surface area contributed by atoms with Crippen molar-refractivity contribution >= 4 is 33.3 Å². The number of nitrogens with zero attached hydrogens (tertiary/aromatic N) is 1. The third-order valence-electron chi connectivity index (χ3n) is 3.95. The van der Waals surface area contributed by atoms with Gasteiger partial charge in [0.05, 0.1) is 24.6 Å². The minimum absolute atomic E-state index is 0.00551. The molecule has 0 spiro atoms. The molecule has 0 fully saturated rings. The van der Waals surface area contributed by atoms with E-state index in [9.17, 15) is 26.8 Å². The van der Waals surface area contributed by atoms with Gasteiger partial charge in [-0.1, -0.05) is 0 Å². The van der Waals surface area contributed by atoms with E-state index in [0.29, 0.717) is 11.3 Å². The van der Waals surface area contributed by atoms with Crippen LogP contribution in [-0.2, 0) is 19.6 Å². The highest BCUT2D eigenvalue weighted by Crippen LogP contribution is 2.21. The summed E-state index contributed by atoms with van der Waals surface area (Å²) >= 11 is 0. The summed E-state index contributed by atoms with van der Waals surface area (Å²) in [5, 5.41) is 2.63. The highest BCUT2D eigenvalue weighted by molar-refractivity contribution is 7.92. The molecule has 7 nitrogen and oxygen atoms in total. The maximum atomic E-state index is 13.4. The lowest BCUT2D eigenvalue weighted by Crippen LogP contribution is -2.31. The maximum absolute atomic E-state index is 13.4. The van der Waals surface area contributed by atoms with Crippen LogP contribution in [0.5, 0.6) is 0 Å². The normalized spacial score (nSPS) is 11.0. The van der Waals surface area contributed by atoms with E-state index in [1.807, 2.05) is 0 Å². The van der Waals surface area contributed by atoms with Gasteiger partial charge in [0.15, 0.2) is 11.6 Å². The van der Waals surface area contributed by atoms with Gasteiger partial charge in [0.25, 0.3) is 0 Å². The first kappa shape index (κ1) is 22.3. The molecule has 1 N–H and O–H groups in total. The molecule has 156 valence electrons. The second-order valence-corrected chi connectivity index (χ2v) is 8.06. The molecule has 0 atom stereocenters. The van der Waals surface area contributed by atoms with Crippen molar-refractivity contribution in [2.24, 2.45) is 0 Å². The molecular weight excluding hydrogens is 406 g/mol. The van der Waals surface area contributed by atoms with E-state index >= 15 is 0 Å². The number of ether oxygens (including phenoxy) is 1. The minimum Gasteiger partial charge on any atom is -0.465 e. The molecule has 1 amide bonds. The lowest BCUT2D eigenvalue weighted by molar-refractivity contribution is -0.116. The van der Waals surface area contributed by atoms with Crippen LogP contribution in [0.25, 0.3) is 0 Å². The summed E-state index contributed by atoms with van der Waals surface area (Å²) in [5.41, 5.74) is 0.772. The van der Waals surface area contributed by atoms with E-state index in [1.165, 1.54) is 31.4 Å². The van der Waals surface area contributed by atoms with Gasteiger partial charge < -0.3 is 10.1 Å². The summed E-state index contributed by atoms with van der Waals surface area (Å²) in [5.74, 6) is -3.11. The summed E-state index contributed by atoms with van der Waals surface area (Å²) in [4.78, 5) is 23.5. The van der Waals surface area contributed by atoms with Crippen molar-refractivity contribution in [1.29, 1.82) is 0 Å². The molecule has 0 heterocycles. The number of sulfonamides is 1. The van der Waals surface area contributed by atoms with Crippen molar-refractivity contribution in [2.75, 3.05) is 29.5 Å². The Hall–Kier alpha value is -3.01. The number of hydrogen-bond donors (Lipinski definition) is 1. The number of anilines is 2. The quantitative estimate of drug-likeness (QED) is 0.655. The van der Waals surface area contributed by atoms with Gasteiger partial charge >= 0.3 is 5.97 Å². The van der Waals surface area contributed by atoms with Gasteiger partial charge in [0, 0.05) is 24.7 Å². The van der Waals surface area contributed by atoms with Crippen molar-refractivity contribution in [3.63, 3.8) is 0 Å². The monoisotopic (exact) mass is 426 g/mol. The Morgan fingerprint density at radius 1 is 1.07 bits per heavy atom. The van der Waals surface area contributed by atoms with E-state index in [4.69, 9.17) is 0 Å². The summed E-state index contributed by atoms with van der Waals surface area (Å²) < 4.78 is 56.0. The van der Waals surface area contributed by atoms with Crippen LogP contribution in [0, 0.1) is 11.6 Å².